The average Bonchev–Trinajstić information content (AvgIpc) is 3.18. The molecular weight excluding hydrogens is 396 g/mol. The van der Waals surface area contributed by atoms with Crippen molar-refractivity contribution in [2.24, 2.45) is 0 Å². The monoisotopic (exact) mass is 420 g/mol. The van der Waals surface area contributed by atoms with Crippen LogP contribution in [0.15, 0.2) is 65.7 Å². The number of esters is 2. The lowest BCUT2D eigenvalue weighted by Crippen LogP contribution is -2.17. The molecule has 0 fully saturated rings. The van der Waals surface area contributed by atoms with Gasteiger partial charge in [-0.05, 0) is 37.6 Å². The molecule has 2 aromatic heterocycles. The molecule has 160 valence electrons. The molecule has 0 amide bonds. The number of hydrogen-bond acceptors (Lipinski definition) is 5. The van der Waals surface area contributed by atoms with Crippen LogP contribution in [0.4, 0.5) is 0 Å². The van der Waals surface area contributed by atoms with Crippen molar-refractivity contribution in [2.45, 2.75) is 20.3 Å². The number of aromatic amines is 2. The molecule has 7 nitrogen and oxygen atoms in total. The lowest BCUT2D eigenvalue weighted by Gasteiger charge is -2.02. The van der Waals surface area contributed by atoms with Gasteiger partial charge < -0.3 is 19.4 Å². The van der Waals surface area contributed by atoms with Crippen LogP contribution in [0.25, 0.3) is 21.8 Å². The van der Waals surface area contributed by atoms with Gasteiger partial charge in [-0.15, -0.1) is 0 Å². The molecule has 4 aromatic rings. The number of carbonyl (C=O) groups is 2. The van der Waals surface area contributed by atoms with Crippen LogP contribution in [0, 0.1) is 0 Å². The number of pyridine rings is 1. The van der Waals surface area contributed by atoms with Gasteiger partial charge >= 0.3 is 11.9 Å². The van der Waals surface area contributed by atoms with E-state index in [1.165, 1.54) is 6.20 Å². The van der Waals surface area contributed by atoms with Crippen molar-refractivity contribution in [1.29, 1.82) is 0 Å². The summed E-state index contributed by atoms with van der Waals surface area (Å²) < 4.78 is 9.71. The third-order valence-corrected chi connectivity index (χ3v) is 4.60. The first-order chi connectivity index (χ1) is 15.0. The van der Waals surface area contributed by atoms with Gasteiger partial charge in [0, 0.05) is 34.2 Å². The van der Waals surface area contributed by atoms with Crippen LogP contribution in [-0.4, -0.2) is 35.1 Å². The van der Waals surface area contributed by atoms with Gasteiger partial charge in [-0.1, -0.05) is 30.3 Å². The van der Waals surface area contributed by atoms with Gasteiger partial charge in [0.25, 0.3) is 0 Å². The summed E-state index contributed by atoms with van der Waals surface area (Å²) >= 11 is 0. The van der Waals surface area contributed by atoms with Crippen molar-refractivity contribution in [2.75, 3.05) is 13.2 Å². The summed E-state index contributed by atoms with van der Waals surface area (Å²) in [6, 6.07) is 15.0. The van der Waals surface area contributed by atoms with E-state index < -0.39 is 5.97 Å². The molecule has 0 spiro atoms. The van der Waals surface area contributed by atoms with Crippen LogP contribution in [0.5, 0.6) is 0 Å². The van der Waals surface area contributed by atoms with Crippen LogP contribution in [0.2, 0.25) is 0 Å². The van der Waals surface area contributed by atoms with E-state index in [1.54, 1.807) is 25.1 Å². The Balaban J connectivity index is 0.000000176. The maximum Gasteiger partial charge on any atom is 0.343 e. The van der Waals surface area contributed by atoms with E-state index in [1.807, 2.05) is 43.5 Å². The molecule has 0 radical (unpaired) electrons. The molecule has 2 N–H and O–H groups in total. The smallest absolute Gasteiger partial charge is 0.343 e. The molecule has 2 heterocycles. The number of aromatic nitrogens is 2. The lowest BCUT2D eigenvalue weighted by atomic mass is 10.1. The van der Waals surface area contributed by atoms with Gasteiger partial charge in [0.05, 0.1) is 19.6 Å². The fourth-order valence-electron chi connectivity index (χ4n) is 3.17. The molecular formula is C24H24N2O5. The quantitative estimate of drug-likeness (QED) is 0.476. The highest BCUT2D eigenvalue weighted by Gasteiger charge is 2.13. The summed E-state index contributed by atoms with van der Waals surface area (Å²) in [5.74, 6) is -0.767. The number of hydrogen-bond donors (Lipinski definition) is 2. The highest BCUT2D eigenvalue weighted by atomic mass is 16.5. The normalized spacial score (nSPS) is 10.4. The highest BCUT2D eigenvalue weighted by Crippen LogP contribution is 2.18. The Morgan fingerprint density at radius 2 is 1.39 bits per heavy atom. The summed E-state index contributed by atoms with van der Waals surface area (Å²) in [7, 11) is 0. The molecule has 0 atom stereocenters. The van der Waals surface area contributed by atoms with Crippen LogP contribution in [-0.2, 0) is 20.7 Å². The first-order valence-corrected chi connectivity index (χ1v) is 10.0. The first-order valence-electron chi connectivity index (χ1n) is 10.0. The number of H-pyrrole nitrogens is 2. The van der Waals surface area contributed by atoms with E-state index in [-0.39, 0.29) is 23.6 Å². The number of carbonyl (C=O) groups excluding carboxylic acids is 2. The van der Waals surface area contributed by atoms with Crippen molar-refractivity contribution < 1.29 is 19.1 Å². The number of fused-ring (bicyclic) bond motifs is 2. The first kappa shape index (κ1) is 21.8. The average molecular weight is 420 g/mol. The standard InChI is InChI=1S/C12H11NO3.C12H13NO2/c1-2-16-12(15)9-7-13-10-6-4-3-5-8(10)11(9)14;1-2-15-12(14)7-9-8-13-11-6-4-3-5-10(9)11/h3-7H,2H2,1H3,(H,13,14);3-6,8,13H,2,7H2,1H3. The molecule has 7 heteroatoms. The van der Waals surface area contributed by atoms with Gasteiger partial charge in [-0.3, -0.25) is 9.59 Å². The van der Waals surface area contributed by atoms with Crippen LogP contribution in [0.3, 0.4) is 0 Å². The zero-order valence-electron chi connectivity index (χ0n) is 17.4. The summed E-state index contributed by atoms with van der Waals surface area (Å²) in [6.45, 7) is 4.20. The molecule has 0 unspecified atom stereocenters. The van der Waals surface area contributed by atoms with Gasteiger partial charge in [0.15, 0.2) is 0 Å². The van der Waals surface area contributed by atoms with Crippen LogP contribution in [0.1, 0.15) is 29.8 Å². The minimum absolute atomic E-state index is 0.0422. The van der Waals surface area contributed by atoms with Crippen molar-refractivity contribution >= 4 is 33.7 Å². The molecule has 0 aliphatic rings. The highest BCUT2D eigenvalue weighted by molar-refractivity contribution is 5.93. The largest absolute Gasteiger partial charge is 0.466 e. The maximum atomic E-state index is 11.9. The maximum absolute atomic E-state index is 11.9. The predicted octanol–water partition coefficient (Wildman–Crippen LogP) is 3.98. The SMILES string of the molecule is CCOC(=O)Cc1c[nH]c2ccccc12.CCOC(=O)c1c[nH]c2ccccc2c1=O. The summed E-state index contributed by atoms with van der Waals surface area (Å²) in [5, 5.41) is 1.58. The summed E-state index contributed by atoms with van der Waals surface area (Å²) in [5.41, 5.74) is 2.50. The van der Waals surface area contributed by atoms with Gasteiger partial charge in [0.2, 0.25) is 5.43 Å². The van der Waals surface area contributed by atoms with Crippen LogP contribution < -0.4 is 5.43 Å². The Morgan fingerprint density at radius 3 is 2.06 bits per heavy atom. The van der Waals surface area contributed by atoms with Crippen LogP contribution >= 0.6 is 0 Å². The summed E-state index contributed by atoms with van der Waals surface area (Å²) in [6.07, 6.45) is 3.59. The Kier molecular flexibility index (Phi) is 7.22. The van der Waals surface area contributed by atoms with Crippen molar-refractivity contribution in [3.05, 3.63) is 82.3 Å². The van der Waals surface area contributed by atoms with Crippen molar-refractivity contribution in [1.82, 2.24) is 9.97 Å². The van der Waals surface area contributed by atoms with E-state index in [9.17, 15) is 14.4 Å². The number of benzene rings is 2. The Labute approximate surface area is 179 Å². The van der Waals surface area contributed by atoms with E-state index in [4.69, 9.17) is 9.47 Å². The molecule has 0 bridgehead atoms. The van der Waals surface area contributed by atoms with Gasteiger partial charge in [-0.2, -0.15) is 0 Å². The second-order valence-electron chi connectivity index (χ2n) is 6.64. The number of para-hydroxylation sites is 2. The molecule has 0 saturated carbocycles. The number of rotatable bonds is 5. The molecule has 4 rings (SSSR count). The van der Waals surface area contributed by atoms with Gasteiger partial charge in [-0.25, -0.2) is 4.79 Å². The van der Waals surface area contributed by atoms with Crippen molar-refractivity contribution in [3.63, 3.8) is 0 Å². The predicted molar refractivity (Wildman–Crippen MR) is 119 cm³/mol. The second-order valence-corrected chi connectivity index (χ2v) is 6.64. The Morgan fingerprint density at radius 1 is 0.806 bits per heavy atom. The fraction of sp³-hybridized carbons (Fsp3) is 0.208. The zero-order chi connectivity index (χ0) is 22.2. The zero-order valence-corrected chi connectivity index (χ0v) is 17.4. The molecule has 31 heavy (non-hydrogen) atoms. The van der Waals surface area contributed by atoms with Gasteiger partial charge in [0.1, 0.15) is 5.56 Å². The van der Waals surface area contributed by atoms with E-state index in [0.717, 1.165) is 16.5 Å². The molecule has 0 saturated heterocycles. The Bertz CT molecular complexity index is 1260. The fourth-order valence-corrected chi connectivity index (χ4v) is 3.17. The minimum Gasteiger partial charge on any atom is -0.466 e. The molecule has 0 aliphatic heterocycles. The van der Waals surface area contributed by atoms with E-state index in [2.05, 4.69) is 9.97 Å². The molecule has 2 aromatic carbocycles. The van der Waals surface area contributed by atoms with E-state index in [0.29, 0.717) is 23.9 Å². The second kappa shape index (κ2) is 10.2. The summed E-state index contributed by atoms with van der Waals surface area (Å²) in [4.78, 5) is 40.7. The topological polar surface area (TPSA) is 101 Å². The Hall–Kier alpha value is -3.87. The van der Waals surface area contributed by atoms with E-state index >= 15 is 0 Å². The number of nitrogens with one attached hydrogen (secondary N) is 2. The third kappa shape index (κ3) is 5.19. The lowest BCUT2D eigenvalue weighted by molar-refractivity contribution is -0.142. The van der Waals surface area contributed by atoms with Crippen molar-refractivity contribution in [3.8, 4) is 0 Å². The molecule has 0 aliphatic carbocycles. The number of ether oxygens (including phenoxy) is 2. The minimum atomic E-state index is -0.588. The third-order valence-electron chi connectivity index (χ3n) is 4.60.